The van der Waals surface area contributed by atoms with Crippen molar-refractivity contribution in [3.8, 4) is 28.4 Å². The molecule has 3 aromatic carbocycles. The second kappa shape index (κ2) is 8.21. The molecule has 3 aromatic rings. The van der Waals surface area contributed by atoms with E-state index in [9.17, 15) is 4.79 Å². The van der Waals surface area contributed by atoms with Crippen LogP contribution in [0.1, 0.15) is 13.8 Å². The van der Waals surface area contributed by atoms with Crippen molar-refractivity contribution < 1.29 is 19.0 Å². The zero-order chi connectivity index (χ0) is 20.3. The number of benzene rings is 3. The first-order valence-corrected chi connectivity index (χ1v) is 9.15. The van der Waals surface area contributed by atoms with Gasteiger partial charge in [-0.05, 0) is 59.8 Å². The highest BCUT2D eigenvalue weighted by atomic mass is 16.5. The topological polar surface area (TPSA) is 48.0 Å². The molecule has 1 amide bonds. The Kier molecular flexibility index (Phi) is 5.73. The Bertz CT molecular complexity index is 996. The summed E-state index contributed by atoms with van der Waals surface area (Å²) in [6, 6.07) is 15.9. The number of fused-ring (bicyclic) bond motifs is 1. The molecule has 0 atom stereocenters. The van der Waals surface area contributed by atoms with Crippen LogP contribution < -0.4 is 19.1 Å². The third-order valence-corrected chi connectivity index (χ3v) is 4.77. The van der Waals surface area contributed by atoms with Crippen molar-refractivity contribution >= 4 is 22.4 Å². The Morgan fingerprint density at radius 2 is 1.57 bits per heavy atom. The summed E-state index contributed by atoms with van der Waals surface area (Å²) in [4.78, 5) is 13.7. The summed E-state index contributed by atoms with van der Waals surface area (Å²) < 4.78 is 16.4. The molecule has 0 radical (unpaired) electrons. The predicted octanol–water partition coefficient (Wildman–Crippen LogP) is 4.91. The van der Waals surface area contributed by atoms with Crippen LogP contribution in [0.3, 0.4) is 0 Å². The minimum atomic E-state index is -0.0417. The molecule has 0 spiro atoms. The van der Waals surface area contributed by atoms with E-state index in [2.05, 4.69) is 6.07 Å². The van der Waals surface area contributed by atoms with Crippen LogP contribution in [0.2, 0.25) is 0 Å². The van der Waals surface area contributed by atoms with E-state index in [1.165, 1.54) is 0 Å². The molecule has 0 fully saturated rings. The van der Waals surface area contributed by atoms with Gasteiger partial charge in [0.15, 0.2) is 11.5 Å². The van der Waals surface area contributed by atoms with Crippen molar-refractivity contribution in [2.75, 3.05) is 32.8 Å². The van der Waals surface area contributed by atoms with Crippen LogP contribution in [0.5, 0.6) is 17.2 Å². The molecule has 0 saturated carbocycles. The Morgan fingerprint density at radius 1 is 0.929 bits per heavy atom. The maximum absolute atomic E-state index is 12.1. The summed E-state index contributed by atoms with van der Waals surface area (Å²) in [5.74, 6) is 2.07. The lowest BCUT2D eigenvalue weighted by atomic mass is 9.98. The zero-order valence-electron chi connectivity index (χ0n) is 16.9. The van der Waals surface area contributed by atoms with Crippen LogP contribution in [0.15, 0.2) is 48.5 Å². The number of nitrogens with zero attached hydrogens (tertiary/aromatic N) is 1. The Hall–Kier alpha value is -3.21. The van der Waals surface area contributed by atoms with Crippen molar-refractivity contribution in [2.24, 2.45) is 0 Å². The van der Waals surface area contributed by atoms with E-state index >= 15 is 0 Å². The van der Waals surface area contributed by atoms with Gasteiger partial charge in [0.05, 0.1) is 26.5 Å². The van der Waals surface area contributed by atoms with Crippen LogP contribution in [0.25, 0.3) is 21.9 Å². The molecule has 0 bridgehead atoms. The second-order valence-corrected chi connectivity index (χ2v) is 6.46. The summed E-state index contributed by atoms with van der Waals surface area (Å²) in [7, 11) is 4.99. The molecule has 0 aliphatic carbocycles. The van der Waals surface area contributed by atoms with E-state index in [-0.39, 0.29) is 5.91 Å². The quantitative estimate of drug-likeness (QED) is 0.611. The molecule has 0 aromatic heterocycles. The third kappa shape index (κ3) is 3.74. The van der Waals surface area contributed by atoms with Gasteiger partial charge in [-0.2, -0.15) is 0 Å². The van der Waals surface area contributed by atoms with Crippen molar-refractivity contribution in [2.45, 2.75) is 13.8 Å². The molecule has 0 N–H and O–H groups in total. The van der Waals surface area contributed by atoms with E-state index in [1.54, 1.807) is 33.1 Å². The molecule has 0 aliphatic heterocycles. The molecule has 0 saturated heterocycles. The third-order valence-electron chi connectivity index (χ3n) is 4.77. The van der Waals surface area contributed by atoms with Gasteiger partial charge in [0.2, 0.25) is 5.91 Å². The lowest BCUT2D eigenvalue weighted by molar-refractivity contribution is -0.116. The predicted molar refractivity (Wildman–Crippen MR) is 113 cm³/mol. The van der Waals surface area contributed by atoms with Crippen LogP contribution in [-0.2, 0) is 4.79 Å². The second-order valence-electron chi connectivity index (χ2n) is 6.46. The first-order chi connectivity index (χ1) is 13.5. The number of carbonyl (C=O) groups is 1. The standard InChI is InChI=1S/C23H25NO4/c1-6-28-19-9-7-16(8-10-19)17-11-18-13-22(26-4)23(27-5)14-20(18)21(12-17)24(3)15(2)25/h7-14H,6H2,1-5H3. The van der Waals surface area contributed by atoms with Crippen molar-refractivity contribution in [1.82, 2.24) is 0 Å². The average Bonchev–Trinajstić information content (AvgIpc) is 2.72. The van der Waals surface area contributed by atoms with Gasteiger partial charge in [0, 0.05) is 19.4 Å². The fourth-order valence-corrected chi connectivity index (χ4v) is 3.19. The molecular weight excluding hydrogens is 354 g/mol. The minimum Gasteiger partial charge on any atom is -0.494 e. The number of hydrogen-bond donors (Lipinski definition) is 0. The van der Waals surface area contributed by atoms with Gasteiger partial charge in [-0.25, -0.2) is 0 Å². The Balaban J connectivity index is 2.22. The Morgan fingerprint density at radius 3 is 2.14 bits per heavy atom. The molecule has 0 aliphatic rings. The van der Waals surface area contributed by atoms with Crippen molar-refractivity contribution in [1.29, 1.82) is 0 Å². The molecule has 28 heavy (non-hydrogen) atoms. The molecule has 0 heterocycles. The summed E-state index contributed by atoms with van der Waals surface area (Å²) in [5.41, 5.74) is 2.86. The number of hydrogen-bond acceptors (Lipinski definition) is 4. The van der Waals surface area contributed by atoms with Crippen molar-refractivity contribution in [3.63, 3.8) is 0 Å². The van der Waals surface area contributed by atoms with Crippen LogP contribution >= 0.6 is 0 Å². The fourth-order valence-electron chi connectivity index (χ4n) is 3.19. The smallest absolute Gasteiger partial charge is 0.223 e. The van der Waals surface area contributed by atoms with E-state index < -0.39 is 0 Å². The van der Waals surface area contributed by atoms with Gasteiger partial charge in [-0.3, -0.25) is 4.79 Å². The van der Waals surface area contributed by atoms with E-state index in [1.807, 2.05) is 49.4 Å². The number of amides is 1. The van der Waals surface area contributed by atoms with Crippen LogP contribution in [0.4, 0.5) is 5.69 Å². The van der Waals surface area contributed by atoms with E-state index in [4.69, 9.17) is 14.2 Å². The first-order valence-electron chi connectivity index (χ1n) is 9.15. The van der Waals surface area contributed by atoms with Crippen molar-refractivity contribution in [3.05, 3.63) is 48.5 Å². The van der Waals surface area contributed by atoms with Crippen LogP contribution in [0, 0.1) is 0 Å². The summed E-state index contributed by atoms with van der Waals surface area (Å²) in [5, 5.41) is 1.89. The molecular formula is C23H25NO4. The first kappa shape index (κ1) is 19.5. The maximum atomic E-state index is 12.1. The number of anilines is 1. The number of ether oxygens (including phenoxy) is 3. The highest BCUT2D eigenvalue weighted by Crippen LogP contribution is 2.39. The fraction of sp³-hybridized carbons (Fsp3) is 0.261. The Labute approximate surface area is 165 Å². The number of methoxy groups -OCH3 is 2. The lowest BCUT2D eigenvalue weighted by Crippen LogP contribution is -2.23. The van der Waals surface area contributed by atoms with Gasteiger partial charge in [0.1, 0.15) is 5.75 Å². The zero-order valence-corrected chi connectivity index (χ0v) is 16.9. The average molecular weight is 379 g/mol. The minimum absolute atomic E-state index is 0.0417. The monoisotopic (exact) mass is 379 g/mol. The summed E-state index contributed by atoms with van der Waals surface area (Å²) in [6.45, 7) is 4.14. The maximum Gasteiger partial charge on any atom is 0.223 e. The molecule has 0 unspecified atom stereocenters. The summed E-state index contributed by atoms with van der Waals surface area (Å²) >= 11 is 0. The summed E-state index contributed by atoms with van der Waals surface area (Å²) in [6.07, 6.45) is 0. The largest absolute Gasteiger partial charge is 0.494 e. The van der Waals surface area contributed by atoms with E-state index in [0.29, 0.717) is 18.1 Å². The SMILES string of the molecule is CCOc1ccc(-c2cc(N(C)C(C)=O)c3cc(OC)c(OC)cc3c2)cc1. The highest BCUT2D eigenvalue weighted by molar-refractivity contribution is 6.06. The molecule has 5 heteroatoms. The van der Waals surface area contributed by atoms with Crippen LogP contribution in [-0.4, -0.2) is 33.8 Å². The highest BCUT2D eigenvalue weighted by Gasteiger charge is 2.16. The normalized spacial score (nSPS) is 10.6. The van der Waals surface area contributed by atoms with E-state index in [0.717, 1.165) is 33.3 Å². The lowest BCUT2D eigenvalue weighted by Gasteiger charge is -2.20. The number of rotatable bonds is 6. The van der Waals surface area contributed by atoms with Gasteiger partial charge in [-0.1, -0.05) is 12.1 Å². The molecule has 146 valence electrons. The van der Waals surface area contributed by atoms with Gasteiger partial charge in [-0.15, -0.1) is 0 Å². The molecule has 3 rings (SSSR count). The van der Waals surface area contributed by atoms with Gasteiger partial charge in [0.25, 0.3) is 0 Å². The molecule has 5 nitrogen and oxygen atoms in total. The number of carbonyl (C=O) groups excluding carboxylic acids is 1. The van der Waals surface area contributed by atoms with Gasteiger partial charge >= 0.3 is 0 Å². The van der Waals surface area contributed by atoms with Gasteiger partial charge < -0.3 is 19.1 Å².